The topological polar surface area (TPSA) is 59.8 Å². The van der Waals surface area contributed by atoms with E-state index >= 15 is 0 Å². The molecule has 0 radical (unpaired) electrons. The van der Waals surface area contributed by atoms with E-state index in [2.05, 4.69) is 15.4 Å². The summed E-state index contributed by atoms with van der Waals surface area (Å²) in [5.74, 6) is -0.165. The molecule has 17 heavy (non-hydrogen) atoms. The average Bonchev–Trinajstić information content (AvgIpc) is 2.84. The van der Waals surface area contributed by atoms with Crippen molar-refractivity contribution in [3.8, 4) is 0 Å². The van der Waals surface area contributed by atoms with Crippen LogP contribution in [0.5, 0.6) is 0 Å². The molecule has 0 saturated heterocycles. The number of aryl methyl sites for hydroxylation is 3. The van der Waals surface area contributed by atoms with Gasteiger partial charge in [-0.15, -0.1) is 11.3 Å². The molecule has 0 aliphatic rings. The zero-order chi connectivity index (χ0) is 12.4. The maximum absolute atomic E-state index is 12.0. The molecule has 1 N–H and O–H groups in total. The molecule has 0 unspecified atom stereocenters. The lowest BCUT2D eigenvalue weighted by molar-refractivity contribution is 0.101. The molecule has 0 aromatic carbocycles. The van der Waals surface area contributed by atoms with Crippen molar-refractivity contribution in [2.45, 2.75) is 27.3 Å². The van der Waals surface area contributed by atoms with E-state index in [1.807, 2.05) is 26.2 Å². The Labute approximate surface area is 103 Å². The molecule has 1 amide bonds. The standard InChI is InChI=1S/C11H14N4OS/c1-4-15-9(5-7(2)14-15)10(16)13-11-12-8(3)6-17-11/h5-6H,4H2,1-3H3,(H,12,13,16). The van der Waals surface area contributed by atoms with Gasteiger partial charge in [0.2, 0.25) is 0 Å². The van der Waals surface area contributed by atoms with Crippen LogP contribution in [0.4, 0.5) is 5.13 Å². The van der Waals surface area contributed by atoms with E-state index in [1.54, 1.807) is 10.7 Å². The van der Waals surface area contributed by atoms with Crippen molar-refractivity contribution in [1.82, 2.24) is 14.8 Å². The summed E-state index contributed by atoms with van der Waals surface area (Å²) in [7, 11) is 0. The van der Waals surface area contributed by atoms with Crippen molar-refractivity contribution in [2.24, 2.45) is 0 Å². The minimum Gasteiger partial charge on any atom is -0.296 e. The van der Waals surface area contributed by atoms with Gasteiger partial charge in [0.05, 0.1) is 11.4 Å². The van der Waals surface area contributed by atoms with Gasteiger partial charge in [-0.1, -0.05) is 0 Å². The van der Waals surface area contributed by atoms with Crippen LogP contribution in [0.25, 0.3) is 0 Å². The van der Waals surface area contributed by atoms with Gasteiger partial charge in [0, 0.05) is 11.9 Å². The molecule has 0 atom stereocenters. The number of thiazole rings is 1. The van der Waals surface area contributed by atoms with Crippen LogP contribution in [0.3, 0.4) is 0 Å². The minimum atomic E-state index is -0.165. The van der Waals surface area contributed by atoms with Gasteiger partial charge < -0.3 is 0 Å². The summed E-state index contributed by atoms with van der Waals surface area (Å²) in [5, 5.41) is 9.53. The molecule has 2 aromatic rings. The van der Waals surface area contributed by atoms with E-state index in [0.717, 1.165) is 11.4 Å². The third-order valence-electron chi connectivity index (χ3n) is 2.27. The molecular weight excluding hydrogens is 236 g/mol. The molecule has 5 nitrogen and oxygen atoms in total. The molecule has 0 saturated carbocycles. The third kappa shape index (κ3) is 2.52. The van der Waals surface area contributed by atoms with E-state index in [4.69, 9.17) is 0 Å². The summed E-state index contributed by atoms with van der Waals surface area (Å²) in [6.45, 7) is 6.40. The van der Waals surface area contributed by atoms with E-state index in [-0.39, 0.29) is 5.91 Å². The van der Waals surface area contributed by atoms with E-state index < -0.39 is 0 Å². The second-order valence-corrected chi connectivity index (χ2v) is 4.59. The Morgan fingerprint density at radius 3 is 2.82 bits per heavy atom. The molecule has 0 fully saturated rings. The summed E-state index contributed by atoms with van der Waals surface area (Å²) in [6.07, 6.45) is 0. The first kappa shape index (κ1) is 11.8. The van der Waals surface area contributed by atoms with E-state index in [1.165, 1.54) is 11.3 Å². The second-order valence-electron chi connectivity index (χ2n) is 3.73. The number of carbonyl (C=O) groups is 1. The van der Waals surface area contributed by atoms with Crippen molar-refractivity contribution in [3.63, 3.8) is 0 Å². The Morgan fingerprint density at radius 1 is 1.47 bits per heavy atom. The van der Waals surface area contributed by atoms with Crippen LogP contribution in [-0.2, 0) is 6.54 Å². The number of rotatable bonds is 3. The van der Waals surface area contributed by atoms with Crippen LogP contribution >= 0.6 is 11.3 Å². The Bertz CT molecular complexity index is 543. The zero-order valence-corrected chi connectivity index (χ0v) is 10.8. The van der Waals surface area contributed by atoms with Gasteiger partial charge in [-0.3, -0.25) is 14.8 Å². The average molecular weight is 250 g/mol. The predicted molar refractivity (Wildman–Crippen MR) is 67.4 cm³/mol. The van der Waals surface area contributed by atoms with Crippen molar-refractivity contribution in [3.05, 3.63) is 28.5 Å². The van der Waals surface area contributed by atoms with Crippen LogP contribution in [0, 0.1) is 13.8 Å². The highest BCUT2D eigenvalue weighted by atomic mass is 32.1. The SMILES string of the molecule is CCn1nc(C)cc1C(=O)Nc1nc(C)cs1. The fourth-order valence-corrected chi connectivity index (χ4v) is 2.23. The molecule has 0 bridgehead atoms. The van der Waals surface area contributed by atoms with Gasteiger partial charge in [-0.25, -0.2) is 4.98 Å². The molecule has 2 rings (SSSR count). The molecule has 2 aromatic heterocycles. The van der Waals surface area contributed by atoms with Crippen molar-refractivity contribution in [2.75, 3.05) is 5.32 Å². The highest BCUT2D eigenvalue weighted by Gasteiger charge is 2.14. The summed E-state index contributed by atoms with van der Waals surface area (Å²) >= 11 is 1.42. The van der Waals surface area contributed by atoms with Gasteiger partial charge in [0.25, 0.3) is 5.91 Å². The highest BCUT2D eigenvalue weighted by molar-refractivity contribution is 7.13. The number of hydrogen-bond acceptors (Lipinski definition) is 4. The lowest BCUT2D eigenvalue weighted by atomic mass is 10.3. The number of nitrogens with zero attached hydrogens (tertiary/aromatic N) is 3. The van der Waals surface area contributed by atoms with Gasteiger partial charge in [0.15, 0.2) is 5.13 Å². The predicted octanol–water partition coefficient (Wildman–Crippen LogP) is 2.23. The minimum absolute atomic E-state index is 0.165. The number of nitrogens with one attached hydrogen (secondary N) is 1. The summed E-state index contributed by atoms with van der Waals surface area (Å²) < 4.78 is 1.69. The molecule has 0 spiro atoms. The molecule has 0 aliphatic carbocycles. The van der Waals surface area contributed by atoms with E-state index in [9.17, 15) is 4.79 Å². The Kier molecular flexibility index (Phi) is 3.23. The number of carbonyl (C=O) groups excluding carboxylic acids is 1. The number of amides is 1. The van der Waals surface area contributed by atoms with Crippen molar-refractivity contribution >= 4 is 22.4 Å². The molecular formula is C11H14N4OS. The van der Waals surface area contributed by atoms with Crippen molar-refractivity contribution < 1.29 is 4.79 Å². The number of anilines is 1. The first-order chi connectivity index (χ1) is 8.10. The summed E-state index contributed by atoms with van der Waals surface area (Å²) in [4.78, 5) is 16.2. The first-order valence-corrected chi connectivity index (χ1v) is 6.26. The summed E-state index contributed by atoms with van der Waals surface area (Å²) in [5.41, 5.74) is 2.32. The number of aromatic nitrogens is 3. The Balaban J connectivity index is 2.19. The summed E-state index contributed by atoms with van der Waals surface area (Å²) in [6, 6.07) is 1.78. The highest BCUT2D eigenvalue weighted by Crippen LogP contribution is 2.16. The fourth-order valence-electron chi connectivity index (χ4n) is 1.54. The first-order valence-electron chi connectivity index (χ1n) is 5.38. The van der Waals surface area contributed by atoms with Crippen LogP contribution in [0.15, 0.2) is 11.4 Å². The van der Waals surface area contributed by atoms with Crippen molar-refractivity contribution in [1.29, 1.82) is 0 Å². The Morgan fingerprint density at radius 2 is 2.24 bits per heavy atom. The van der Waals surface area contributed by atoms with Gasteiger partial charge in [-0.2, -0.15) is 5.10 Å². The quantitative estimate of drug-likeness (QED) is 0.908. The molecule has 0 aliphatic heterocycles. The largest absolute Gasteiger partial charge is 0.296 e. The maximum Gasteiger partial charge on any atom is 0.275 e. The third-order valence-corrected chi connectivity index (χ3v) is 3.15. The van der Waals surface area contributed by atoms with Crippen LogP contribution in [0.1, 0.15) is 28.8 Å². The fraction of sp³-hybridized carbons (Fsp3) is 0.364. The van der Waals surface area contributed by atoms with Gasteiger partial charge in [0.1, 0.15) is 5.69 Å². The Hall–Kier alpha value is -1.69. The molecule has 6 heteroatoms. The maximum atomic E-state index is 12.0. The van der Waals surface area contributed by atoms with E-state index in [0.29, 0.717) is 17.4 Å². The van der Waals surface area contributed by atoms with Gasteiger partial charge in [-0.05, 0) is 26.8 Å². The lowest BCUT2D eigenvalue weighted by Crippen LogP contribution is -2.17. The zero-order valence-electron chi connectivity index (χ0n) is 10.0. The monoisotopic (exact) mass is 250 g/mol. The lowest BCUT2D eigenvalue weighted by Gasteiger charge is -2.03. The normalized spacial score (nSPS) is 10.5. The smallest absolute Gasteiger partial charge is 0.275 e. The van der Waals surface area contributed by atoms with Gasteiger partial charge >= 0.3 is 0 Å². The second kappa shape index (κ2) is 4.67. The van der Waals surface area contributed by atoms with Crippen LogP contribution < -0.4 is 5.32 Å². The number of hydrogen-bond donors (Lipinski definition) is 1. The van der Waals surface area contributed by atoms with Crippen LogP contribution in [-0.4, -0.2) is 20.7 Å². The van der Waals surface area contributed by atoms with Crippen LogP contribution in [0.2, 0.25) is 0 Å². The molecule has 2 heterocycles. The molecule has 90 valence electrons.